The second-order valence-electron chi connectivity index (χ2n) is 6.36. The average molecular weight is 227 g/mol. The Morgan fingerprint density at radius 1 is 1.25 bits per heavy atom. The molecule has 1 fully saturated rings. The molecule has 0 amide bonds. The lowest BCUT2D eigenvalue weighted by molar-refractivity contribution is 0.00154. The van der Waals surface area contributed by atoms with E-state index in [0.717, 1.165) is 18.3 Å². The predicted octanol–water partition coefficient (Wildman–Crippen LogP) is 3.20. The van der Waals surface area contributed by atoms with Gasteiger partial charge in [0, 0.05) is 13.2 Å². The number of methoxy groups -OCH3 is 1. The highest BCUT2D eigenvalue weighted by molar-refractivity contribution is 4.86. The van der Waals surface area contributed by atoms with Crippen LogP contribution >= 0.6 is 0 Å². The van der Waals surface area contributed by atoms with Crippen molar-refractivity contribution in [2.24, 2.45) is 23.5 Å². The van der Waals surface area contributed by atoms with Gasteiger partial charge in [0.15, 0.2) is 0 Å². The summed E-state index contributed by atoms with van der Waals surface area (Å²) in [6, 6.07) is 0.296. The second-order valence-corrected chi connectivity index (χ2v) is 6.36. The molecule has 0 radical (unpaired) electrons. The lowest BCUT2D eigenvalue weighted by Gasteiger charge is -2.37. The molecule has 0 heterocycles. The highest BCUT2D eigenvalue weighted by Crippen LogP contribution is 2.36. The SMILES string of the molecule is COC(C)(C)CC(N)C1CCC(C)C(C)C1. The third kappa shape index (κ3) is 3.74. The maximum Gasteiger partial charge on any atom is 0.0637 e. The minimum absolute atomic E-state index is 0.0777. The van der Waals surface area contributed by atoms with Gasteiger partial charge in [0.1, 0.15) is 0 Å². The van der Waals surface area contributed by atoms with E-state index in [-0.39, 0.29) is 5.60 Å². The van der Waals surface area contributed by atoms with Gasteiger partial charge >= 0.3 is 0 Å². The Kier molecular flexibility index (Phi) is 4.81. The molecule has 4 atom stereocenters. The molecule has 0 aromatic carbocycles. The lowest BCUT2D eigenvalue weighted by Crippen LogP contribution is -2.41. The third-order valence-electron chi connectivity index (χ3n) is 4.52. The first kappa shape index (κ1) is 14.0. The number of rotatable bonds is 4. The summed E-state index contributed by atoms with van der Waals surface area (Å²) in [7, 11) is 1.78. The molecule has 1 aliphatic carbocycles. The van der Waals surface area contributed by atoms with E-state index in [1.165, 1.54) is 19.3 Å². The molecule has 2 heteroatoms. The summed E-state index contributed by atoms with van der Waals surface area (Å²) in [5.74, 6) is 2.40. The first-order valence-electron chi connectivity index (χ1n) is 6.66. The van der Waals surface area contributed by atoms with Crippen molar-refractivity contribution in [2.75, 3.05) is 7.11 Å². The first-order chi connectivity index (χ1) is 7.35. The van der Waals surface area contributed by atoms with Crippen LogP contribution in [0.2, 0.25) is 0 Å². The van der Waals surface area contributed by atoms with Gasteiger partial charge < -0.3 is 10.5 Å². The van der Waals surface area contributed by atoms with Crippen LogP contribution in [0.4, 0.5) is 0 Å². The Labute approximate surface area is 101 Å². The normalized spacial score (nSPS) is 33.8. The summed E-state index contributed by atoms with van der Waals surface area (Å²) < 4.78 is 5.47. The van der Waals surface area contributed by atoms with Crippen molar-refractivity contribution >= 4 is 0 Å². The van der Waals surface area contributed by atoms with Crippen molar-refractivity contribution in [2.45, 2.75) is 65.0 Å². The summed E-state index contributed by atoms with van der Waals surface area (Å²) in [4.78, 5) is 0. The molecule has 2 N–H and O–H groups in total. The maximum atomic E-state index is 6.34. The summed E-state index contributed by atoms with van der Waals surface area (Å²) in [5, 5.41) is 0. The van der Waals surface area contributed by atoms with Gasteiger partial charge in [-0.05, 0) is 50.9 Å². The molecule has 1 rings (SSSR count). The molecule has 16 heavy (non-hydrogen) atoms. The molecule has 1 aliphatic rings. The third-order valence-corrected chi connectivity index (χ3v) is 4.52. The van der Waals surface area contributed by atoms with Crippen molar-refractivity contribution in [1.82, 2.24) is 0 Å². The van der Waals surface area contributed by atoms with Crippen LogP contribution in [0.25, 0.3) is 0 Å². The van der Waals surface area contributed by atoms with E-state index in [1.54, 1.807) is 7.11 Å². The van der Waals surface area contributed by atoms with E-state index in [9.17, 15) is 0 Å². The molecular formula is C14H29NO. The number of nitrogens with two attached hydrogens (primary N) is 1. The minimum Gasteiger partial charge on any atom is -0.379 e. The van der Waals surface area contributed by atoms with E-state index in [4.69, 9.17) is 10.5 Å². The molecule has 96 valence electrons. The van der Waals surface area contributed by atoms with Gasteiger partial charge in [-0.1, -0.05) is 20.3 Å². The van der Waals surface area contributed by atoms with E-state index >= 15 is 0 Å². The molecule has 4 unspecified atom stereocenters. The predicted molar refractivity (Wildman–Crippen MR) is 69.3 cm³/mol. The van der Waals surface area contributed by atoms with Gasteiger partial charge in [-0.2, -0.15) is 0 Å². The van der Waals surface area contributed by atoms with Crippen molar-refractivity contribution < 1.29 is 4.74 Å². The largest absolute Gasteiger partial charge is 0.379 e. The zero-order valence-electron chi connectivity index (χ0n) is 11.6. The molecule has 0 aromatic heterocycles. The van der Waals surface area contributed by atoms with Crippen molar-refractivity contribution in [3.8, 4) is 0 Å². The summed E-state index contributed by atoms with van der Waals surface area (Å²) in [6.07, 6.45) is 4.90. The fraction of sp³-hybridized carbons (Fsp3) is 1.00. The van der Waals surface area contributed by atoms with Gasteiger partial charge in [0.05, 0.1) is 5.60 Å². The maximum absolute atomic E-state index is 6.34. The van der Waals surface area contributed by atoms with Gasteiger partial charge in [-0.3, -0.25) is 0 Å². The van der Waals surface area contributed by atoms with E-state index in [2.05, 4.69) is 27.7 Å². The Balaban J connectivity index is 2.46. The van der Waals surface area contributed by atoms with Crippen LogP contribution in [0.3, 0.4) is 0 Å². The quantitative estimate of drug-likeness (QED) is 0.800. The molecule has 0 aromatic rings. The van der Waals surface area contributed by atoms with Crippen LogP contribution in [0.1, 0.15) is 53.4 Å². The summed E-state index contributed by atoms with van der Waals surface area (Å²) >= 11 is 0. The number of hydrogen-bond donors (Lipinski definition) is 1. The minimum atomic E-state index is -0.0777. The summed E-state index contributed by atoms with van der Waals surface area (Å²) in [6.45, 7) is 8.99. The molecule has 0 saturated heterocycles. The standard InChI is InChI=1S/C14H29NO/c1-10-6-7-12(8-11(10)2)13(15)9-14(3,4)16-5/h10-13H,6-9,15H2,1-5H3. The Morgan fingerprint density at radius 2 is 1.88 bits per heavy atom. The van der Waals surface area contributed by atoms with Gasteiger partial charge in [-0.15, -0.1) is 0 Å². The topological polar surface area (TPSA) is 35.2 Å². The zero-order valence-corrected chi connectivity index (χ0v) is 11.6. The number of hydrogen-bond acceptors (Lipinski definition) is 2. The van der Waals surface area contributed by atoms with Crippen LogP contribution in [0.5, 0.6) is 0 Å². The average Bonchev–Trinajstić information content (AvgIpc) is 2.21. The Hall–Kier alpha value is -0.0800. The summed E-state index contributed by atoms with van der Waals surface area (Å²) in [5.41, 5.74) is 6.26. The lowest BCUT2D eigenvalue weighted by atomic mass is 9.72. The van der Waals surface area contributed by atoms with E-state index in [0.29, 0.717) is 12.0 Å². The highest BCUT2D eigenvalue weighted by Gasteiger charge is 2.31. The smallest absolute Gasteiger partial charge is 0.0637 e. The van der Waals surface area contributed by atoms with Crippen molar-refractivity contribution in [1.29, 1.82) is 0 Å². The van der Waals surface area contributed by atoms with Gasteiger partial charge in [0.2, 0.25) is 0 Å². The molecular weight excluding hydrogens is 198 g/mol. The Bertz CT molecular complexity index is 215. The fourth-order valence-corrected chi connectivity index (χ4v) is 2.80. The van der Waals surface area contributed by atoms with E-state index in [1.807, 2.05) is 0 Å². The number of ether oxygens (including phenoxy) is 1. The van der Waals surface area contributed by atoms with E-state index < -0.39 is 0 Å². The monoisotopic (exact) mass is 227 g/mol. The van der Waals surface area contributed by atoms with Gasteiger partial charge in [-0.25, -0.2) is 0 Å². The van der Waals surface area contributed by atoms with Crippen molar-refractivity contribution in [3.63, 3.8) is 0 Å². The van der Waals surface area contributed by atoms with Crippen LogP contribution in [-0.4, -0.2) is 18.8 Å². The van der Waals surface area contributed by atoms with Crippen LogP contribution < -0.4 is 5.73 Å². The van der Waals surface area contributed by atoms with Crippen LogP contribution in [0.15, 0.2) is 0 Å². The molecule has 0 spiro atoms. The molecule has 1 saturated carbocycles. The first-order valence-corrected chi connectivity index (χ1v) is 6.66. The molecule has 0 aliphatic heterocycles. The van der Waals surface area contributed by atoms with Crippen LogP contribution in [-0.2, 0) is 4.74 Å². The van der Waals surface area contributed by atoms with Crippen LogP contribution in [0, 0.1) is 17.8 Å². The molecule has 0 bridgehead atoms. The molecule has 2 nitrogen and oxygen atoms in total. The Morgan fingerprint density at radius 3 is 2.38 bits per heavy atom. The van der Waals surface area contributed by atoms with Crippen molar-refractivity contribution in [3.05, 3.63) is 0 Å². The highest BCUT2D eigenvalue weighted by atomic mass is 16.5. The van der Waals surface area contributed by atoms with Gasteiger partial charge in [0.25, 0.3) is 0 Å². The fourth-order valence-electron chi connectivity index (χ4n) is 2.80. The zero-order chi connectivity index (χ0) is 12.3. The second kappa shape index (κ2) is 5.50.